The molecule has 3 amide bonds. The molecule has 3 aliphatic carbocycles. The molecule has 2 heterocycles. The number of rotatable bonds is 12. The van der Waals surface area contributed by atoms with E-state index in [0.717, 1.165) is 32.1 Å². The van der Waals surface area contributed by atoms with Crippen LogP contribution in [0.2, 0.25) is 0 Å². The number of hydrogen-bond acceptors (Lipinski definition) is 9. The van der Waals surface area contributed by atoms with Gasteiger partial charge in [0.2, 0.25) is 21.8 Å². The van der Waals surface area contributed by atoms with E-state index in [4.69, 9.17) is 4.74 Å². The number of nitrogens with zero attached hydrogens (tertiary/aromatic N) is 2. The van der Waals surface area contributed by atoms with Crippen molar-refractivity contribution in [3.63, 3.8) is 0 Å². The lowest BCUT2D eigenvalue weighted by atomic mass is 9.85. The van der Waals surface area contributed by atoms with Gasteiger partial charge in [-0.1, -0.05) is 69.7 Å². The molecule has 0 aromatic heterocycles. The topological polar surface area (TPSA) is 154 Å². The predicted octanol–water partition coefficient (Wildman–Crippen LogP) is 3.67. The molecule has 13 heteroatoms. The third kappa shape index (κ3) is 7.75. The van der Waals surface area contributed by atoms with Gasteiger partial charge in [-0.05, 0) is 78.7 Å². The Morgan fingerprint density at radius 2 is 1.66 bits per heavy atom. The largest absolute Gasteiger partial charge is 0.461 e. The lowest BCUT2D eigenvalue weighted by Gasteiger charge is -2.36. The van der Waals surface area contributed by atoms with Crippen LogP contribution in [-0.4, -0.2) is 90.0 Å². The van der Waals surface area contributed by atoms with Crippen LogP contribution >= 0.6 is 0 Å². The first-order chi connectivity index (χ1) is 25.2. The molecule has 4 fully saturated rings. The molecule has 286 valence electrons. The molecule has 5 aliphatic rings. The molecule has 3 saturated carbocycles. The second-order valence-electron chi connectivity index (χ2n) is 16.8. The van der Waals surface area contributed by atoms with E-state index >= 15 is 0 Å². The summed E-state index contributed by atoms with van der Waals surface area (Å²) < 4.78 is 33.5. The van der Waals surface area contributed by atoms with Gasteiger partial charge in [-0.15, -0.1) is 6.58 Å². The van der Waals surface area contributed by atoms with Crippen molar-refractivity contribution in [3.8, 4) is 0 Å². The molecule has 7 rings (SSSR count). The van der Waals surface area contributed by atoms with E-state index in [2.05, 4.69) is 51.1 Å². The Labute approximate surface area is 312 Å². The average Bonchev–Trinajstić information content (AvgIpc) is 4.04. The summed E-state index contributed by atoms with van der Waals surface area (Å²) >= 11 is 0. The molecule has 2 aromatic carbocycles. The van der Waals surface area contributed by atoms with Gasteiger partial charge in [0.05, 0.1) is 17.8 Å². The summed E-state index contributed by atoms with van der Waals surface area (Å²) in [5.74, 6) is -2.49. The van der Waals surface area contributed by atoms with Crippen LogP contribution in [-0.2, 0) is 47.0 Å². The fraction of sp³-hybridized carbons (Fsp3) is 0.600. The maximum atomic E-state index is 14.7. The van der Waals surface area contributed by atoms with Gasteiger partial charge in [-0.2, -0.15) is 0 Å². The average molecular weight is 748 g/mol. The third-order valence-electron chi connectivity index (χ3n) is 11.9. The second-order valence-corrected chi connectivity index (χ2v) is 18.8. The van der Waals surface area contributed by atoms with Crippen LogP contribution in [0.15, 0.2) is 49.1 Å². The predicted molar refractivity (Wildman–Crippen MR) is 201 cm³/mol. The van der Waals surface area contributed by atoms with Gasteiger partial charge < -0.3 is 15.0 Å². The number of likely N-dealkylation sites (tertiary alicyclic amines) is 1. The summed E-state index contributed by atoms with van der Waals surface area (Å²) in [5.41, 5.74) is 0.252. The highest BCUT2D eigenvalue weighted by molar-refractivity contribution is 7.91. The Hall–Kier alpha value is -3.81. The van der Waals surface area contributed by atoms with Crippen molar-refractivity contribution in [1.29, 1.82) is 0 Å². The van der Waals surface area contributed by atoms with Gasteiger partial charge in [-0.25, -0.2) is 8.42 Å². The Morgan fingerprint density at radius 1 is 1.00 bits per heavy atom. The molecule has 12 nitrogen and oxygen atoms in total. The minimum atomic E-state index is -3.86. The van der Waals surface area contributed by atoms with Gasteiger partial charge in [0.1, 0.15) is 17.7 Å². The normalized spacial score (nSPS) is 26.8. The molecule has 2 aliphatic heterocycles. The van der Waals surface area contributed by atoms with Gasteiger partial charge in [-0.3, -0.25) is 34.1 Å². The molecule has 5 atom stereocenters. The summed E-state index contributed by atoms with van der Waals surface area (Å²) in [7, 11) is -3.86. The zero-order chi connectivity index (χ0) is 37.7. The number of ether oxygens (including phenoxy) is 1. The fourth-order valence-electron chi connectivity index (χ4n) is 8.63. The smallest absolute Gasteiger partial charge is 0.320 e. The Morgan fingerprint density at radius 3 is 2.25 bits per heavy atom. The van der Waals surface area contributed by atoms with Crippen LogP contribution in [0.3, 0.4) is 0 Å². The van der Waals surface area contributed by atoms with Gasteiger partial charge in [0.15, 0.2) is 0 Å². The van der Waals surface area contributed by atoms with E-state index in [1.54, 1.807) is 11.0 Å². The quantitative estimate of drug-likeness (QED) is 0.218. The van der Waals surface area contributed by atoms with Crippen LogP contribution < -0.4 is 15.4 Å². The van der Waals surface area contributed by atoms with E-state index in [1.165, 1.54) is 21.9 Å². The molecule has 53 heavy (non-hydrogen) atoms. The minimum Gasteiger partial charge on any atom is -0.461 e. The van der Waals surface area contributed by atoms with Gasteiger partial charge in [0, 0.05) is 31.6 Å². The maximum Gasteiger partial charge on any atom is 0.320 e. The Balaban J connectivity index is 1.13. The SMILES string of the molecule is C=C[C@@H]1C[C@]1(NC(=O)[C@@H]1C[C@@H](N2Cc3cccc4cccc(c34)C2)CN1C(=O)[C@@H](NCC(=O)OC1CCCCC1)C(C)(C)C)C(=O)NS(=O)(=O)C1CC1. The van der Waals surface area contributed by atoms with Gasteiger partial charge >= 0.3 is 5.97 Å². The number of benzene rings is 2. The van der Waals surface area contributed by atoms with Crippen molar-refractivity contribution in [2.24, 2.45) is 11.3 Å². The highest BCUT2D eigenvalue weighted by Gasteiger charge is 2.62. The number of carbonyl (C=O) groups is 4. The molecule has 0 spiro atoms. The molecular formula is C40H53N5O7S. The minimum absolute atomic E-state index is 0.111. The van der Waals surface area contributed by atoms with Crippen LogP contribution in [0.25, 0.3) is 10.8 Å². The summed E-state index contributed by atoms with van der Waals surface area (Å²) in [6, 6.07) is 10.6. The molecule has 1 saturated heterocycles. The zero-order valence-electron chi connectivity index (χ0n) is 31.1. The Kier molecular flexibility index (Phi) is 10.2. The van der Waals surface area contributed by atoms with Crippen molar-refractivity contribution in [3.05, 3.63) is 60.2 Å². The van der Waals surface area contributed by atoms with E-state index in [9.17, 15) is 27.6 Å². The lowest BCUT2D eigenvalue weighted by Crippen LogP contribution is -2.60. The van der Waals surface area contributed by atoms with Crippen LogP contribution in [0.4, 0.5) is 0 Å². The van der Waals surface area contributed by atoms with Crippen LogP contribution in [0.5, 0.6) is 0 Å². The molecular weight excluding hydrogens is 695 g/mol. The number of carbonyl (C=O) groups excluding carboxylic acids is 4. The van der Waals surface area contributed by atoms with E-state index in [1.807, 2.05) is 32.9 Å². The number of esters is 1. The number of hydrogen-bond donors (Lipinski definition) is 3. The monoisotopic (exact) mass is 747 g/mol. The van der Waals surface area contributed by atoms with Gasteiger partial charge in [0.25, 0.3) is 5.91 Å². The van der Waals surface area contributed by atoms with Crippen molar-refractivity contribution in [1.82, 2.24) is 25.2 Å². The first-order valence-electron chi connectivity index (χ1n) is 19.2. The number of amides is 3. The van der Waals surface area contributed by atoms with Crippen molar-refractivity contribution in [2.45, 2.75) is 127 Å². The number of sulfonamides is 1. The zero-order valence-corrected chi connectivity index (χ0v) is 31.9. The van der Waals surface area contributed by atoms with E-state index in [-0.39, 0.29) is 37.6 Å². The molecule has 3 N–H and O–H groups in total. The first kappa shape index (κ1) is 37.5. The van der Waals surface area contributed by atoms with Crippen molar-refractivity contribution < 1.29 is 32.3 Å². The second kappa shape index (κ2) is 14.4. The summed E-state index contributed by atoms with van der Waals surface area (Å²) in [6.45, 7) is 11.0. The molecule has 0 bridgehead atoms. The molecule has 0 unspecified atom stereocenters. The summed E-state index contributed by atoms with van der Waals surface area (Å²) in [4.78, 5) is 59.6. The van der Waals surface area contributed by atoms with Crippen LogP contribution in [0.1, 0.15) is 89.7 Å². The van der Waals surface area contributed by atoms with E-state index in [0.29, 0.717) is 32.4 Å². The summed E-state index contributed by atoms with van der Waals surface area (Å²) in [5, 5.41) is 7.91. The highest BCUT2D eigenvalue weighted by Crippen LogP contribution is 2.46. The number of nitrogens with one attached hydrogen (secondary N) is 3. The summed E-state index contributed by atoms with van der Waals surface area (Å²) in [6.07, 6.45) is 7.82. The third-order valence-corrected chi connectivity index (χ3v) is 13.7. The van der Waals surface area contributed by atoms with E-state index < -0.39 is 62.0 Å². The van der Waals surface area contributed by atoms with Crippen molar-refractivity contribution >= 4 is 44.5 Å². The highest BCUT2D eigenvalue weighted by atomic mass is 32.2. The Bertz CT molecular complexity index is 1860. The van der Waals surface area contributed by atoms with Crippen molar-refractivity contribution in [2.75, 3.05) is 13.1 Å². The fourth-order valence-corrected chi connectivity index (χ4v) is 10.00. The first-order valence-corrected chi connectivity index (χ1v) is 20.7. The maximum absolute atomic E-state index is 14.7. The lowest BCUT2D eigenvalue weighted by molar-refractivity contribution is -0.150. The van der Waals surface area contributed by atoms with Crippen LogP contribution in [0, 0.1) is 11.3 Å². The molecule has 2 aromatic rings. The molecule has 0 radical (unpaired) electrons. The standard InChI is InChI=1S/C40H53N5O7S/c1-5-28-20-40(28,38(49)43-53(50,51)31-17-18-31)42-36(47)32-19-29(44-22-26-13-9-11-25-12-10-14-27(23-44)34(25)26)24-45(32)37(48)35(39(2,3)4)41-21-33(46)52-30-15-7-6-8-16-30/h5,9-14,28-32,35,41H,1,6-8,15-24H2,2-4H3,(H,42,47)(H,43,49)/t28-,29-,32+,35-,40-/m1/s1.